The average molecular weight is 372 g/mol. The van der Waals surface area contributed by atoms with Crippen molar-refractivity contribution in [3.63, 3.8) is 0 Å². The molecule has 1 aliphatic carbocycles. The first-order chi connectivity index (χ1) is 13.2. The van der Waals surface area contributed by atoms with E-state index in [1.165, 1.54) is 31.2 Å². The summed E-state index contributed by atoms with van der Waals surface area (Å²) in [7, 11) is 1.82. The van der Waals surface area contributed by atoms with Crippen LogP contribution in [-0.4, -0.2) is 50.3 Å². The molecule has 6 heteroatoms. The summed E-state index contributed by atoms with van der Waals surface area (Å²) in [4.78, 5) is 11.2. The van der Waals surface area contributed by atoms with E-state index in [1.807, 2.05) is 13.2 Å². The number of aliphatic imine (C=N–C) groups is 1. The number of rotatable bonds is 6. The molecule has 6 nitrogen and oxygen atoms in total. The van der Waals surface area contributed by atoms with Crippen molar-refractivity contribution >= 4 is 11.8 Å². The molecule has 0 bridgehead atoms. The van der Waals surface area contributed by atoms with E-state index in [2.05, 4.69) is 50.6 Å². The first-order valence-corrected chi connectivity index (χ1v) is 10.2. The van der Waals surface area contributed by atoms with E-state index in [0.717, 1.165) is 51.0 Å². The van der Waals surface area contributed by atoms with Gasteiger partial charge in [-0.2, -0.15) is 0 Å². The van der Waals surface area contributed by atoms with Crippen LogP contribution in [0.25, 0.3) is 0 Å². The highest BCUT2D eigenvalue weighted by Crippen LogP contribution is 2.19. The summed E-state index contributed by atoms with van der Waals surface area (Å²) >= 11 is 0. The van der Waals surface area contributed by atoms with Gasteiger partial charge in [-0.15, -0.1) is 0 Å². The number of pyridine rings is 1. The first-order valence-electron chi connectivity index (χ1n) is 10.2. The predicted molar refractivity (Wildman–Crippen MR) is 111 cm³/mol. The summed E-state index contributed by atoms with van der Waals surface area (Å²) in [6, 6.07) is 4.21. The summed E-state index contributed by atoms with van der Waals surface area (Å²) in [6.45, 7) is 6.32. The van der Waals surface area contributed by atoms with Crippen molar-refractivity contribution < 1.29 is 4.74 Å². The molecule has 0 saturated carbocycles. The monoisotopic (exact) mass is 371 g/mol. The van der Waals surface area contributed by atoms with Crippen molar-refractivity contribution in [2.45, 2.75) is 51.7 Å². The molecule has 0 spiro atoms. The zero-order valence-corrected chi connectivity index (χ0v) is 16.7. The Balaban J connectivity index is 1.46. The fourth-order valence-electron chi connectivity index (χ4n) is 3.65. The molecule has 1 aromatic heterocycles. The van der Waals surface area contributed by atoms with Crippen LogP contribution in [0, 0.1) is 0 Å². The number of hydrogen-bond acceptors (Lipinski definition) is 4. The summed E-state index contributed by atoms with van der Waals surface area (Å²) < 4.78 is 5.62. The summed E-state index contributed by atoms with van der Waals surface area (Å²) in [5.74, 6) is 1.88. The van der Waals surface area contributed by atoms with Gasteiger partial charge in [-0.3, -0.25) is 4.99 Å². The number of nitrogens with one attached hydrogen (secondary N) is 2. The number of aromatic nitrogens is 1. The van der Waals surface area contributed by atoms with Gasteiger partial charge in [0, 0.05) is 39.4 Å². The lowest BCUT2D eigenvalue weighted by atomic mass is 9.97. The maximum absolute atomic E-state index is 5.62. The topological polar surface area (TPSA) is 61.8 Å². The van der Waals surface area contributed by atoms with E-state index in [9.17, 15) is 0 Å². The van der Waals surface area contributed by atoms with E-state index in [0.29, 0.717) is 0 Å². The van der Waals surface area contributed by atoms with Gasteiger partial charge < -0.3 is 20.3 Å². The van der Waals surface area contributed by atoms with Gasteiger partial charge in [-0.1, -0.05) is 11.6 Å². The molecule has 0 radical (unpaired) electrons. The molecule has 27 heavy (non-hydrogen) atoms. The van der Waals surface area contributed by atoms with Gasteiger partial charge in [-0.05, 0) is 56.7 Å². The fraction of sp³-hybridized carbons (Fsp3) is 0.619. The number of nitrogens with zero attached hydrogens (tertiary/aromatic N) is 3. The van der Waals surface area contributed by atoms with E-state index in [1.54, 1.807) is 5.57 Å². The van der Waals surface area contributed by atoms with Gasteiger partial charge in [0.25, 0.3) is 0 Å². The minimum Gasteiger partial charge on any atom is -0.375 e. The molecule has 0 amide bonds. The van der Waals surface area contributed by atoms with Crippen molar-refractivity contribution in [1.82, 2.24) is 15.6 Å². The van der Waals surface area contributed by atoms with Crippen LogP contribution in [0.1, 0.15) is 44.6 Å². The maximum Gasteiger partial charge on any atom is 0.191 e. The molecule has 0 aromatic carbocycles. The van der Waals surface area contributed by atoms with Gasteiger partial charge in [0.15, 0.2) is 5.96 Å². The molecule has 1 unspecified atom stereocenters. The normalized spacial score (nSPS) is 21.0. The van der Waals surface area contributed by atoms with Crippen LogP contribution in [0.2, 0.25) is 0 Å². The third-order valence-corrected chi connectivity index (χ3v) is 5.18. The number of hydrogen-bond donors (Lipinski definition) is 2. The van der Waals surface area contributed by atoms with Crippen LogP contribution >= 0.6 is 0 Å². The van der Waals surface area contributed by atoms with Crippen LogP contribution in [0.15, 0.2) is 35.0 Å². The Morgan fingerprint density at radius 1 is 1.37 bits per heavy atom. The summed E-state index contributed by atoms with van der Waals surface area (Å²) in [6.07, 6.45) is 10.8. The predicted octanol–water partition coefficient (Wildman–Crippen LogP) is 2.86. The van der Waals surface area contributed by atoms with Crippen LogP contribution in [0.4, 0.5) is 5.82 Å². The Labute approximate surface area is 163 Å². The number of anilines is 1. The van der Waals surface area contributed by atoms with Crippen LogP contribution in [0.5, 0.6) is 0 Å². The Kier molecular flexibility index (Phi) is 7.51. The number of allylic oxidation sites excluding steroid dienone is 1. The highest BCUT2D eigenvalue weighted by atomic mass is 16.5. The Morgan fingerprint density at radius 2 is 2.30 bits per heavy atom. The Morgan fingerprint density at radius 3 is 3.07 bits per heavy atom. The van der Waals surface area contributed by atoms with Crippen molar-refractivity contribution in [3.8, 4) is 0 Å². The third-order valence-electron chi connectivity index (χ3n) is 5.18. The highest BCUT2D eigenvalue weighted by Gasteiger charge is 2.18. The van der Waals surface area contributed by atoms with Gasteiger partial charge >= 0.3 is 0 Å². The molecular weight excluding hydrogens is 338 g/mol. The molecule has 148 valence electrons. The van der Waals surface area contributed by atoms with E-state index in [-0.39, 0.29) is 6.10 Å². The van der Waals surface area contributed by atoms with Crippen LogP contribution in [-0.2, 0) is 11.3 Å². The number of ether oxygens (including phenoxy) is 1. The first kappa shape index (κ1) is 19.7. The second-order valence-corrected chi connectivity index (χ2v) is 7.36. The van der Waals surface area contributed by atoms with E-state index in [4.69, 9.17) is 4.74 Å². The second-order valence-electron chi connectivity index (χ2n) is 7.36. The molecule has 2 aliphatic rings. The van der Waals surface area contributed by atoms with Gasteiger partial charge in [-0.25, -0.2) is 4.98 Å². The zero-order valence-electron chi connectivity index (χ0n) is 16.7. The lowest BCUT2D eigenvalue weighted by molar-refractivity contribution is 0.0529. The minimum absolute atomic E-state index is 0.254. The van der Waals surface area contributed by atoms with Crippen molar-refractivity contribution in [1.29, 1.82) is 0 Å². The molecule has 3 rings (SSSR count). The van der Waals surface area contributed by atoms with Crippen molar-refractivity contribution in [2.24, 2.45) is 4.99 Å². The molecular formula is C21H33N5O. The molecule has 1 atom stereocenters. The maximum atomic E-state index is 5.62. The van der Waals surface area contributed by atoms with Gasteiger partial charge in [0.05, 0.1) is 12.7 Å². The zero-order chi connectivity index (χ0) is 18.9. The second kappa shape index (κ2) is 10.3. The lowest BCUT2D eigenvalue weighted by Crippen LogP contribution is -2.41. The van der Waals surface area contributed by atoms with Crippen LogP contribution < -0.4 is 15.5 Å². The standard InChI is InChI=1S/C21H33N5O/c1-17-16-26(12-13-27-17)20-14-19(9-10-23-20)15-25-21(22-2)24-11-8-18-6-4-3-5-7-18/h6,9-10,14,17H,3-5,7-8,11-13,15-16H2,1-2H3,(H2,22,24,25). The number of guanidine groups is 1. The lowest BCUT2D eigenvalue weighted by Gasteiger charge is -2.32. The van der Waals surface area contributed by atoms with Crippen molar-refractivity contribution in [3.05, 3.63) is 35.5 Å². The van der Waals surface area contributed by atoms with Crippen molar-refractivity contribution in [2.75, 3.05) is 38.2 Å². The van der Waals surface area contributed by atoms with E-state index >= 15 is 0 Å². The molecule has 1 saturated heterocycles. The highest BCUT2D eigenvalue weighted by molar-refractivity contribution is 5.79. The van der Waals surface area contributed by atoms with Crippen LogP contribution in [0.3, 0.4) is 0 Å². The molecule has 1 aliphatic heterocycles. The Hall–Kier alpha value is -2.08. The minimum atomic E-state index is 0.254. The summed E-state index contributed by atoms with van der Waals surface area (Å²) in [5.41, 5.74) is 2.79. The molecule has 2 heterocycles. The third kappa shape index (κ3) is 6.24. The Bertz CT molecular complexity index is 658. The average Bonchev–Trinajstić information content (AvgIpc) is 2.71. The van der Waals surface area contributed by atoms with Gasteiger partial charge in [0.2, 0.25) is 0 Å². The van der Waals surface area contributed by atoms with E-state index < -0.39 is 0 Å². The van der Waals surface area contributed by atoms with Gasteiger partial charge in [0.1, 0.15) is 5.82 Å². The largest absolute Gasteiger partial charge is 0.375 e. The smallest absolute Gasteiger partial charge is 0.191 e. The molecule has 1 fully saturated rings. The quantitative estimate of drug-likeness (QED) is 0.457. The fourth-order valence-corrected chi connectivity index (χ4v) is 3.65. The summed E-state index contributed by atoms with van der Waals surface area (Å²) in [5, 5.41) is 6.84. The SMILES string of the molecule is CN=C(NCCC1=CCCCC1)NCc1ccnc(N2CCOC(C)C2)c1. The number of morpholine rings is 1. The molecule has 2 N–H and O–H groups in total. The molecule has 1 aromatic rings.